The number of rotatable bonds is 6. The van der Waals surface area contributed by atoms with Gasteiger partial charge in [-0.2, -0.15) is 0 Å². The van der Waals surface area contributed by atoms with Gasteiger partial charge in [-0.05, 0) is 52.7 Å². The van der Waals surface area contributed by atoms with Gasteiger partial charge in [0.15, 0.2) is 0 Å². The van der Waals surface area contributed by atoms with Crippen molar-refractivity contribution >= 4 is 32.8 Å². The minimum atomic E-state index is -0.252. The number of para-hydroxylation sites is 1. The van der Waals surface area contributed by atoms with E-state index in [-0.39, 0.29) is 12.4 Å². The number of halogens is 1. The van der Waals surface area contributed by atoms with Gasteiger partial charge in [-0.3, -0.25) is 9.78 Å². The number of fused-ring (bicyclic) bond motifs is 1. The van der Waals surface area contributed by atoms with Gasteiger partial charge in [-0.15, -0.1) is 0 Å². The molecule has 0 saturated carbocycles. The van der Waals surface area contributed by atoms with E-state index in [0.29, 0.717) is 19.0 Å². The molecule has 2 aromatic carbocycles. The highest BCUT2D eigenvalue weighted by Crippen LogP contribution is 2.26. The van der Waals surface area contributed by atoms with E-state index in [9.17, 15) is 4.79 Å². The van der Waals surface area contributed by atoms with E-state index in [1.165, 1.54) is 0 Å². The van der Waals surface area contributed by atoms with Crippen LogP contribution < -0.4 is 4.74 Å². The zero-order valence-electron chi connectivity index (χ0n) is 13.9. The predicted octanol–water partition coefficient (Wildman–Crippen LogP) is 4.68. The molecule has 0 aliphatic carbocycles. The van der Waals surface area contributed by atoms with Crippen molar-refractivity contribution in [1.82, 2.24) is 4.98 Å². The van der Waals surface area contributed by atoms with Crippen molar-refractivity contribution in [2.75, 3.05) is 6.61 Å². The quantitative estimate of drug-likeness (QED) is 0.564. The van der Waals surface area contributed by atoms with Gasteiger partial charge in [0.1, 0.15) is 12.4 Å². The van der Waals surface area contributed by atoms with Gasteiger partial charge in [-0.1, -0.05) is 24.3 Å². The molecule has 0 aliphatic heterocycles. The van der Waals surface area contributed by atoms with Crippen molar-refractivity contribution in [3.8, 4) is 5.75 Å². The largest absolute Gasteiger partial charge is 0.489 e. The maximum absolute atomic E-state index is 11.7. The summed E-state index contributed by atoms with van der Waals surface area (Å²) in [7, 11) is 0. The molecular weight excluding hydrogens is 382 g/mol. The van der Waals surface area contributed by atoms with Gasteiger partial charge in [-0.25, -0.2) is 0 Å². The number of nitrogens with zero attached hydrogens (tertiary/aromatic N) is 1. The van der Waals surface area contributed by atoms with E-state index in [0.717, 1.165) is 26.5 Å². The molecule has 0 aliphatic rings. The maximum atomic E-state index is 11.7. The lowest BCUT2D eigenvalue weighted by Crippen LogP contribution is -2.09. The molecule has 0 N–H and O–H groups in total. The lowest BCUT2D eigenvalue weighted by Gasteiger charge is -2.12. The van der Waals surface area contributed by atoms with Crippen LogP contribution in [0.5, 0.6) is 5.75 Å². The van der Waals surface area contributed by atoms with Crippen LogP contribution in [0.3, 0.4) is 0 Å². The molecular formula is C20H18BrNO3. The van der Waals surface area contributed by atoms with Crippen LogP contribution in [0.4, 0.5) is 0 Å². The molecule has 0 radical (unpaired) electrons. The zero-order chi connectivity index (χ0) is 17.6. The Labute approximate surface area is 154 Å². The standard InChI is InChI=1S/C20H18BrNO3/c1-2-24-19(23)12-15-6-3-4-8-18(15)25-13-14-10-16-7-5-9-22-20(16)17(21)11-14/h3-11H,2,12-13H2,1H3. The number of hydrogen-bond donors (Lipinski definition) is 0. The molecule has 4 nitrogen and oxygen atoms in total. The van der Waals surface area contributed by atoms with Gasteiger partial charge in [0.2, 0.25) is 0 Å². The maximum Gasteiger partial charge on any atom is 0.310 e. The lowest BCUT2D eigenvalue weighted by atomic mass is 10.1. The molecule has 1 heterocycles. The summed E-state index contributed by atoms with van der Waals surface area (Å²) in [5.41, 5.74) is 2.77. The van der Waals surface area contributed by atoms with Crippen LogP contribution >= 0.6 is 15.9 Å². The summed E-state index contributed by atoms with van der Waals surface area (Å²) < 4.78 is 11.9. The Morgan fingerprint density at radius 1 is 1.16 bits per heavy atom. The molecule has 0 saturated heterocycles. The highest BCUT2D eigenvalue weighted by molar-refractivity contribution is 9.10. The molecule has 0 bridgehead atoms. The predicted molar refractivity (Wildman–Crippen MR) is 101 cm³/mol. The fourth-order valence-electron chi connectivity index (χ4n) is 2.61. The van der Waals surface area contributed by atoms with Gasteiger partial charge >= 0.3 is 5.97 Å². The lowest BCUT2D eigenvalue weighted by molar-refractivity contribution is -0.142. The Balaban J connectivity index is 1.77. The van der Waals surface area contributed by atoms with Crippen LogP contribution in [0.15, 0.2) is 59.2 Å². The first-order chi connectivity index (χ1) is 12.2. The molecule has 25 heavy (non-hydrogen) atoms. The van der Waals surface area contributed by atoms with E-state index in [1.54, 1.807) is 13.1 Å². The van der Waals surface area contributed by atoms with Gasteiger partial charge in [0.25, 0.3) is 0 Å². The highest BCUT2D eigenvalue weighted by atomic mass is 79.9. The number of aromatic nitrogens is 1. The highest BCUT2D eigenvalue weighted by Gasteiger charge is 2.10. The van der Waals surface area contributed by atoms with Crippen LogP contribution in [0, 0.1) is 0 Å². The smallest absolute Gasteiger partial charge is 0.310 e. The molecule has 5 heteroatoms. The van der Waals surface area contributed by atoms with E-state index in [1.807, 2.05) is 42.5 Å². The summed E-state index contributed by atoms with van der Waals surface area (Å²) in [5, 5.41) is 1.05. The molecule has 0 atom stereocenters. The first-order valence-electron chi connectivity index (χ1n) is 8.07. The van der Waals surface area contributed by atoms with Gasteiger partial charge in [0.05, 0.1) is 18.5 Å². The number of esters is 1. The fourth-order valence-corrected chi connectivity index (χ4v) is 3.23. The topological polar surface area (TPSA) is 48.4 Å². The molecule has 3 rings (SSSR count). The summed E-state index contributed by atoms with van der Waals surface area (Å²) in [4.78, 5) is 16.1. The van der Waals surface area contributed by atoms with Crippen LogP contribution in [0.25, 0.3) is 10.9 Å². The normalized spacial score (nSPS) is 10.6. The molecule has 0 amide bonds. The average Bonchev–Trinajstić information content (AvgIpc) is 2.61. The second-order valence-corrected chi connectivity index (χ2v) is 6.39. The van der Waals surface area contributed by atoms with Crippen LogP contribution in [-0.4, -0.2) is 17.6 Å². The molecule has 1 aromatic heterocycles. The zero-order valence-corrected chi connectivity index (χ0v) is 15.5. The molecule has 0 spiro atoms. The van der Waals surface area contributed by atoms with Gasteiger partial charge in [0, 0.05) is 21.6 Å². The third-order valence-electron chi connectivity index (χ3n) is 3.73. The number of pyridine rings is 1. The van der Waals surface area contributed by atoms with E-state index in [4.69, 9.17) is 9.47 Å². The summed E-state index contributed by atoms with van der Waals surface area (Å²) in [6.45, 7) is 2.58. The second kappa shape index (κ2) is 8.12. The van der Waals surface area contributed by atoms with E-state index < -0.39 is 0 Å². The van der Waals surface area contributed by atoms with Crippen molar-refractivity contribution in [3.63, 3.8) is 0 Å². The summed E-state index contributed by atoms with van der Waals surface area (Å²) in [6.07, 6.45) is 1.98. The Hall–Kier alpha value is -2.40. The van der Waals surface area contributed by atoms with E-state index in [2.05, 4.69) is 27.0 Å². The number of carbonyl (C=O) groups excluding carboxylic acids is 1. The third kappa shape index (κ3) is 4.37. The number of ether oxygens (including phenoxy) is 2. The van der Waals surface area contributed by atoms with Crippen LogP contribution in [0.1, 0.15) is 18.1 Å². The summed E-state index contributed by atoms with van der Waals surface area (Å²) in [6, 6.07) is 15.5. The van der Waals surface area contributed by atoms with E-state index >= 15 is 0 Å². The second-order valence-electron chi connectivity index (χ2n) is 5.53. The molecule has 0 unspecified atom stereocenters. The van der Waals surface area contributed by atoms with Crippen molar-refractivity contribution in [2.24, 2.45) is 0 Å². The van der Waals surface area contributed by atoms with Crippen molar-refractivity contribution in [2.45, 2.75) is 20.0 Å². The Morgan fingerprint density at radius 3 is 2.84 bits per heavy atom. The number of benzene rings is 2. The average molecular weight is 400 g/mol. The number of hydrogen-bond acceptors (Lipinski definition) is 4. The Bertz CT molecular complexity index is 895. The monoisotopic (exact) mass is 399 g/mol. The minimum absolute atomic E-state index is 0.204. The molecule has 3 aromatic rings. The summed E-state index contributed by atoms with van der Waals surface area (Å²) >= 11 is 3.56. The first kappa shape index (κ1) is 17.4. The summed E-state index contributed by atoms with van der Waals surface area (Å²) in [5.74, 6) is 0.441. The Kier molecular flexibility index (Phi) is 5.66. The molecule has 0 fully saturated rings. The number of carbonyl (C=O) groups is 1. The van der Waals surface area contributed by atoms with Crippen LogP contribution in [0.2, 0.25) is 0 Å². The van der Waals surface area contributed by atoms with Crippen molar-refractivity contribution in [1.29, 1.82) is 0 Å². The van der Waals surface area contributed by atoms with Crippen molar-refractivity contribution in [3.05, 3.63) is 70.3 Å². The minimum Gasteiger partial charge on any atom is -0.489 e. The van der Waals surface area contributed by atoms with Crippen molar-refractivity contribution < 1.29 is 14.3 Å². The fraction of sp³-hybridized carbons (Fsp3) is 0.200. The van der Waals surface area contributed by atoms with Crippen LogP contribution in [-0.2, 0) is 22.6 Å². The SMILES string of the molecule is CCOC(=O)Cc1ccccc1OCc1cc(Br)c2ncccc2c1. The third-order valence-corrected chi connectivity index (χ3v) is 4.33. The first-order valence-corrected chi connectivity index (χ1v) is 8.86. The van der Waals surface area contributed by atoms with Gasteiger partial charge < -0.3 is 9.47 Å². The molecule has 128 valence electrons. The Morgan fingerprint density at radius 2 is 2.00 bits per heavy atom.